The summed E-state index contributed by atoms with van der Waals surface area (Å²) in [5.74, 6) is 0.819. The largest absolute Gasteiger partial charge is 0.492 e. The second-order valence-electron chi connectivity index (χ2n) is 8.18. The van der Waals surface area contributed by atoms with Crippen molar-refractivity contribution in [3.63, 3.8) is 0 Å². The average Bonchev–Trinajstić information content (AvgIpc) is 3.22. The molecule has 8 nitrogen and oxygen atoms in total. The van der Waals surface area contributed by atoms with E-state index in [4.69, 9.17) is 14.2 Å². The highest BCUT2D eigenvalue weighted by Gasteiger charge is 2.35. The highest BCUT2D eigenvalue weighted by Crippen LogP contribution is 2.33. The fourth-order valence-corrected chi connectivity index (χ4v) is 2.90. The molecule has 11 heteroatoms. The Kier molecular flexibility index (Phi) is 7.33. The van der Waals surface area contributed by atoms with Gasteiger partial charge >= 0.3 is 12.3 Å². The molecule has 182 valence electrons. The van der Waals surface area contributed by atoms with Crippen LogP contribution in [0, 0.1) is 0 Å². The number of hydrogen-bond acceptors (Lipinski definition) is 6. The molecule has 1 aromatic carbocycles. The first kappa shape index (κ1) is 24.9. The molecule has 0 saturated heterocycles. The van der Waals surface area contributed by atoms with E-state index in [1.807, 2.05) is 0 Å². The lowest BCUT2D eigenvalue weighted by molar-refractivity contribution is -0.141. The van der Waals surface area contributed by atoms with E-state index in [0.717, 1.165) is 6.07 Å². The minimum absolute atomic E-state index is 0.187. The topological polar surface area (TPSA) is 87.5 Å². The molecule has 0 aliphatic carbocycles. The van der Waals surface area contributed by atoms with Crippen molar-refractivity contribution in [2.24, 2.45) is 0 Å². The number of aromatic nitrogens is 3. The molecular weight excluding hydrogens is 453 g/mol. The Morgan fingerprint density at radius 1 is 1.09 bits per heavy atom. The highest BCUT2D eigenvalue weighted by atomic mass is 19.4. The molecule has 34 heavy (non-hydrogen) atoms. The zero-order valence-electron chi connectivity index (χ0n) is 19.1. The van der Waals surface area contributed by atoms with Gasteiger partial charge in [-0.25, -0.2) is 14.5 Å². The lowest BCUT2D eigenvalue weighted by atomic mass is 10.1. The smallest absolute Gasteiger partial charge is 0.435 e. The number of carbonyl (C=O) groups excluding carboxylic acids is 1. The summed E-state index contributed by atoms with van der Waals surface area (Å²) in [5.41, 5.74) is -0.538. The van der Waals surface area contributed by atoms with E-state index in [9.17, 15) is 18.0 Å². The van der Waals surface area contributed by atoms with Crippen molar-refractivity contribution in [1.29, 1.82) is 0 Å². The SMILES string of the molecule is COc1ccc(-n2nc(C(F)(F)F)cc2-c2ccc(OCCNC(=O)OC(C)(C)C)cc2)cn1. The fraction of sp³-hybridized carbons (Fsp3) is 0.348. The molecule has 0 spiro atoms. The van der Waals surface area contributed by atoms with E-state index in [-0.39, 0.29) is 18.8 Å². The molecule has 0 aliphatic rings. The fourth-order valence-electron chi connectivity index (χ4n) is 2.90. The molecule has 1 N–H and O–H groups in total. The number of alkyl carbamates (subject to hydrolysis) is 1. The van der Waals surface area contributed by atoms with Gasteiger partial charge in [-0.3, -0.25) is 0 Å². The Hall–Kier alpha value is -3.76. The maximum Gasteiger partial charge on any atom is 0.435 e. The third kappa shape index (κ3) is 6.63. The average molecular weight is 478 g/mol. The van der Waals surface area contributed by atoms with Crippen molar-refractivity contribution < 1.29 is 32.2 Å². The Morgan fingerprint density at radius 2 is 1.79 bits per heavy atom. The lowest BCUT2D eigenvalue weighted by Crippen LogP contribution is -2.34. The van der Waals surface area contributed by atoms with Gasteiger partial charge in [0.1, 0.15) is 18.0 Å². The molecule has 0 unspecified atom stereocenters. The van der Waals surface area contributed by atoms with Gasteiger partial charge in [-0.15, -0.1) is 0 Å². The number of pyridine rings is 1. The lowest BCUT2D eigenvalue weighted by Gasteiger charge is -2.19. The summed E-state index contributed by atoms with van der Waals surface area (Å²) < 4.78 is 56.9. The molecular formula is C23H25F3N4O4. The van der Waals surface area contributed by atoms with Gasteiger partial charge < -0.3 is 19.5 Å². The molecule has 2 aromatic heterocycles. The standard InChI is InChI=1S/C23H25F3N4O4/c1-22(2,3)34-21(31)27-11-12-33-17-8-5-15(6-9-17)18-13-19(23(24,25)26)29-30(18)16-7-10-20(32-4)28-14-16/h5-10,13-14H,11-12H2,1-4H3,(H,27,31). The van der Waals surface area contributed by atoms with Gasteiger partial charge in [0.05, 0.1) is 31.2 Å². The van der Waals surface area contributed by atoms with Crippen LogP contribution >= 0.6 is 0 Å². The maximum absolute atomic E-state index is 13.3. The van der Waals surface area contributed by atoms with E-state index in [1.165, 1.54) is 24.1 Å². The second-order valence-corrected chi connectivity index (χ2v) is 8.18. The van der Waals surface area contributed by atoms with Gasteiger partial charge in [-0.05, 0) is 57.2 Å². The normalized spacial score (nSPS) is 11.7. The molecule has 0 saturated carbocycles. The van der Waals surface area contributed by atoms with Crippen molar-refractivity contribution in [3.8, 4) is 28.6 Å². The molecule has 3 rings (SSSR count). The number of hydrogen-bond donors (Lipinski definition) is 1. The van der Waals surface area contributed by atoms with Crippen LogP contribution in [0.4, 0.5) is 18.0 Å². The van der Waals surface area contributed by atoms with Crippen LogP contribution in [0.3, 0.4) is 0 Å². The molecule has 0 aliphatic heterocycles. The summed E-state index contributed by atoms with van der Waals surface area (Å²) in [5, 5.41) is 6.31. The number of carbonyl (C=O) groups is 1. The summed E-state index contributed by atoms with van der Waals surface area (Å²) in [6.07, 6.45) is -3.78. The zero-order valence-corrected chi connectivity index (χ0v) is 19.1. The number of alkyl halides is 3. The number of nitrogens with one attached hydrogen (secondary N) is 1. The number of amides is 1. The van der Waals surface area contributed by atoms with Gasteiger partial charge in [0.2, 0.25) is 5.88 Å². The van der Waals surface area contributed by atoms with Crippen molar-refractivity contribution >= 4 is 6.09 Å². The number of benzene rings is 1. The Labute approximate surface area is 194 Å². The molecule has 2 heterocycles. The number of methoxy groups -OCH3 is 1. The number of halogens is 3. The summed E-state index contributed by atoms with van der Waals surface area (Å²) >= 11 is 0. The molecule has 1 amide bonds. The minimum Gasteiger partial charge on any atom is -0.492 e. The van der Waals surface area contributed by atoms with Crippen LogP contribution in [0.1, 0.15) is 26.5 Å². The van der Waals surface area contributed by atoms with Crippen LogP contribution < -0.4 is 14.8 Å². The van der Waals surface area contributed by atoms with Crippen LogP contribution in [0.25, 0.3) is 16.9 Å². The summed E-state index contributed by atoms with van der Waals surface area (Å²) in [4.78, 5) is 15.7. The van der Waals surface area contributed by atoms with Crippen molar-refractivity contribution in [1.82, 2.24) is 20.1 Å². The van der Waals surface area contributed by atoms with Gasteiger partial charge in [-0.1, -0.05) is 0 Å². The van der Waals surface area contributed by atoms with E-state index < -0.39 is 23.6 Å². The predicted octanol–water partition coefficient (Wildman–Crippen LogP) is 4.87. The minimum atomic E-state index is -4.61. The highest BCUT2D eigenvalue weighted by molar-refractivity contribution is 5.67. The van der Waals surface area contributed by atoms with E-state index in [1.54, 1.807) is 51.1 Å². The zero-order chi connectivity index (χ0) is 24.9. The summed E-state index contributed by atoms with van der Waals surface area (Å²) in [7, 11) is 1.44. The Balaban J connectivity index is 1.73. The number of rotatable bonds is 7. The third-order valence-corrected chi connectivity index (χ3v) is 4.36. The predicted molar refractivity (Wildman–Crippen MR) is 118 cm³/mol. The van der Waals surface area contributed by atoms with Crippen LogP contribution in [-0.2, 0) is 10.9 Å². The number of ether oxygens (including phenoxy) is 3. The van der Waals surface area contributed by atoms with Crippen LogP contribution in [0.5, 0.6) is 11.6 Å². The quantitative estimate of drug-likeness (QED) is 0.488. The third-order valence-electron chi connectivity index (χ3n) is 4.36. The molecule has 0 radical (unpaired) electrons. The van der Waals surface area contributed by atoms with Gasteiger partial charge in [-0.2, -0.15) is 18.3 Å². The Morgan fingerprint density at radius 3 is 2.35 bits per heavy atom. The van der Waals surface area contributed by atoms with Crippen LogP contribution in [0.2, 0.25) is 0 Å². The summed E-state index contributed by atoms with van der Waals surface area (Å²) in [6, 6.07) is 10.6. The molecule has 3 aromatic rings. The Bertz CT molecular complexity index is 1110. The first-order valence-electron chi connectivity index (χ1n) is 10.3. The first-order chi connectivity index (χ1) is 16.0. The van der Waals surface area contributed by atoms with Gasteiger partial charge in [0.15, 0.2) is 5.69 Å². The van der Waals surface area contributed by atoms with Crippen molar-refractivity contribution in [2.45, 2.75) is 32.5 Å². The second kappa shape index (κ2) is 10.0. The van der Waals surface area contributed by atoms with E-state index in [2.05, 4.69) is 15.4 Å². The molecule has 0 atom stereocenters. The van der Waals surface area contributed by atoms with E-state index >= 15 is 0 Å². The van der Waals surface area contributed by atoms with Crippen molar-refractivity contribution in [3.05, 3.63) is 54.4 Å². The van der Waals surface area contributed by atoms with E-state index in [0.29, 0.717) is 22.9 Å². The number of nitrogens with zero attached hydrogens (tertiary/aromatic N) is 3. The monoisotopic (exact) mass is 478 g/mol. The van der Waals surface area contributed by atoms with Crippen molar-refractivity contribution in [2.75, 3.05) is 20.3 Å². The molecule has 0 bridgehead atoms. The van der Waals surface area contributed by atoms with Crippen LogP contribution in [-0.4, -0.2) is 46.7 Å². The maximum atomic E-state index is 13.3. The molecule has 0 fully saturated rings. The van der Waals surface area contributed by atoms with Crippen LogP contribution in [0.15, 0.2) is 48.7 Å². The summed E-state index contributed by atoms with van der Waals surface area (Å²) in [6.45, 7) is 5.70. The van der Waals surface area contributed by atoms with Gasteiger partial charge in [0, 0.05) is 11.6 Å². The first-order valence-corrected chi connectivity index (χ1v) is 10.3. The van der Waals surface area contributed by atoms with Gasteiger partial charge in [0.25, 0.3) is 0 Å².